The highest BCUT2D eigenvalue weighted by Crippen LogP contribution is 2.17. The molecule has 2 heterocycles. The van der Waals surface area contributed by atoms with Crippen LogP contribution in [0.1, 0.15) is 58.9 Å². The molecule has 1 atom stereocenters. The lowest BCUT2D eigenvalue weighted by Crippen LogP contribution is -2.32. The standard InChI is InChI=1S/C19H24N6O/c1-11(2)14-5-7-15(8-6-14)16(20)10-21-18(26)17-23-19-22-12(3)9-13(4)25(19)24-17/h5-9,11,16H,10,20H2,1-4H3,(H,21,26). The molecule has 0 fully saturated rings. The predicted molar refractivity (Wildman–Crippen MR) is 100 cm³/mol. The molecule has 1 amide bonds. The van der Waals surface area contributed by atoms with Crippen LogP contribution in [0.25, 0.3) is 5.78 Å². The minimum Gasteiger partial charge on any atom is -0.347 e. The monoisotopic (exact) mass is 352 g/mol. The van der Waals surface area contributed by atoms with Gasteiger partial charge in [0.15, 0.2) is 0 Å². The maximum absolute atomic E-state index is 12.4. The summed E-state index contributed by atoms with van der Waals surface area (Å²) in [5.74, 6) is 0.624. The van der Waals surface area contributed by atoms with E-state index in [0.29, 0.717) is 18.2 Å². The van der Waals surface area contributed by atoms with E-state index in [4.69, 9.17) is 5.73 Å². The number of aryl methyl sites for hydroxylation is 2. The number of aromatic nitrogens is 4. The highest BCUT2D eigenvalue weighted by atomic mass is 16.2. The molecule has 0 saturated heterocycles. The summed E-state index contributed by atoms with van der Waals surface area (Å²) in [7, 11) is 0. The summed E-state index contributed by atoms with van der Waals surface area (Å²) < 4.78 is 1.56. The third kappa shape index (κ3) is 3.72. The van der Waals surface area contributed by atoms with Crippen molar-refractivity contribution in [1.29, 1.82) is 0 Å². The molecule has 7 heteroatoms. The highest BCUT2D eigenvalue weighted by Gasteiger charge is 2.16. The molecule has 0 radical (unpaired) electrons. The van der Waals surface area contributed by atoms with Crippen molar-refractivity contribution in [2.75, 3.05) is 6.54 Å². The molecule has 3 aromatic rings. The molecular weight excluding hydrogens is 328 g/mol. The molecule has 0 aliphatic heterocycles. The quantitative estimate of drug-likeness (QED) is 0.734. The van der Waals surface area contributed by atoms with Gasteiger partial charge in [-0.15, -0.1) is 5.10 Å². The first kappa shape index (κ1) is 18.0. The zero-order valence-electron chi connectivity index (χ0n) is 15.5. The van der Waals surface area contributed by atoms with Gasteiger partial charge in [-0.2, -0.15) is 4.98 Å². The SMILES string of the molecule is Cc1cc(C)n2nc(C(=O)NCC(N)c3ccc(C(C)C)cc3)nc2n1. The van der Waals surface area contributed by atoms with Crippen LogP contribution in [-0.4, -0.2) is 32.0 Å². The summed E-state index contributed by atoms with van der Waals surface area (Å²) in [5.41, 5.74) is 10.1. The average Bonchev–Trinajstić information content (AvgIpc) is 3.04. The number of amides is 1. The van der Waals surface area contributed by atoms with E-state index in [1.54, 1.807) is 4.52 Å². The average molecular weight is 352 g/mol. The number of nitrogens with zero attached hydrogens (tertiary/aromatic N) is 4. The fourth-order valence-electron chi connectivity index (χ4n) is 2.79. The zero-order chi connectivity index (χ0) is 18.8. The third-order valence-electron chi connectivity index (χ3n) is 4.34. The Hall–Kier alpha value is -2.80. The predicted octanol–water partition coefficient (Wildman–Crippen LogP) is 2.29. The fraction of sp³-hybridized carbons (Fsp3) is 0.368. The second-order valence-corrected chi connectivity index (χ2v) is 6.82. The molecule has 0 aliphatic carbocycles. The Morgan fingerprint density at radius 2 is 1.81 bits per heavy atom. The van der Waals surface area contributed by atoms with Crippen LogP contribution in [0.15, 0.2) is 30.3 Å². The van der Waals surface area contributed by atoms with Crippen LogP contribution in [0.3, 0.4) is 0 Å². The molecule has 136 valence electrons. The van der Waals surface area contributed by atoms with E-state index < -0.39 is 0 Å². The van der Waals surface area contributed by atoms with Gasteiger partial charge in [0.1, 0.15) is 0 Å². The van der Waals surface area contributed by atoms with Gasteiger partial charge >= 0.3 is 0 Å². The lowest BCUT2D eigenvalue weighted by atomic mass is 9.99. The van der Waals surface area contributed by atoms with Crippen LogP contribution < -0.4 is 11.1 Å². The first-order chi connectivity index (χ1) is 12.3. The lowest BCUT2D eigenvalue weighted by molar-refractivity contribution is 0.0941. The summed E-state index contributed by atoms with van der Waals surface area (Å²) in [6, 6.07) is 9.75. The van der Waals surface area contributed by atoms with Gasteiger partial charge in [0.2, 0.25) is 5.82 Å². The van der Waals surface area contributed by atoms with Crippen molar-refractivity contribution in [2.24, 2.45) is 5.73 Å². The minimum absolute atomic E-state index is 0.0913. The third-order valence-corrected chi connectivity index (χ3v) is 4.34. The van der Waals surface area contributed by atoms with Crippen molar-refractivity contribution in [3.05, 3.63) is 58.7 Å². The molecule has 3 N–H and O–H groups in total. The summed E-state index contributed by atoms with van der Waals surface area (Å²) >= 11 is 0. The van der Waals surface area contributed by atoms with Crippen LogP contribution in [0.2, 0.25) is 0 Å². The van der Waals surface area contributed by atoms with Crippen LogP contribution in [0, 0.1) is 13.8 Å². The van der Waals surface area contributed by atoms with E-state index in [0.717, 1.165) is 17.0 Å². The molecule has 0 saturated carbocycles. The Labute approximate surface area is 152 Å². The largest absolute Gasteiger partial charge is 0.347 e. The van der Waals surface area contributed by atoms with Crippen LogP contribution in [0.4, 0.5) is 0 Å². The van der Waals surface area contributed by atoms with Crippen molar-refractivity contribution in [1.82, 2.24) is 24.9 Å². The van der Waals surface area contributed by atoms with Crippen molar-refractivity contribution in [3.63, 3.8) is 0 Å². The maximum atomic E-state index is 12.4. The number of benzene rings is 1. The van der Waals surface area contributed by atoms with Gasteiger partial charge < -0.3 is 11.1 Å². The molecule has 2 aromatic heterocycles. The topological polar surface area (TPSA) is 98.2 Å². The van der Waals surface area contributed by atoms with E-state index in [-0.39, 0.29) is 17.8 Å². The number of rotatable bonds is 5. The van der Waals surface area contributed by atoms with Gasteiger partial charge in [-0.05, 0) is 37.0 Å². The normalized spacial score (nSPS) is 12.5. The van der Waals surface area contributed by atoms with Gasteiger partial charge in [-0.25, -0.2) is 9.50 Å². The van der Waals surface area contributed by atoms with E-state index in [9.17, 15) is 4.79 Å². The Kier molecular flexibility index (Phi) is 4.99. The smallest absolute Gasteiger partial charge is 0.291 e. The molecular formula is C19H24N6O. The van der Waals surface area contributed by atoms with Gasteiger partial charge in [0.05, 0.1) is 0 Å². The number of carbonyl (C=O) groups excluding carboxylic acids is 1. The summed E-state index contributed by atoms with van der Waals surface area (Å²) in [6.07, 6.45) is 0. The molecule has 1 aromatic carbocycles. The minimum atomic E-state index is -0.359. The summed E-state index contributed by atoms with van der Waals surface area (Å²) in [6.45, 7) is 8.38. The molecule has 0 aliphatic rings. The molecule has 0 bridgehead atoms. The van der Waals surface area contributed by atoms with Gasteiger partial charge in [0, 0.05) is 24.0 Å². The van der Waals surface area contributed by atoms with Crippen LogP contribution in [0.5, 0.6) is 0 Å². The number of nitrogens with one attached hydrogen (secondary N) is 1. The van der Waals surface area contributed by atoms with Crippen LogP contribution >= 0.6 is 0 Å². The molecule has 26 heavy (non-hydrogen) atoms. The molecule has 7 nitrogen and oxygen atoms in total. The number of fused-ring (bicyclic) bond motifs is 1. The van der Waals surface area contributed by atoms with Crippen LogP contribution in [-0.2, 0) is 0 Å². The number of hydrogen-bond donors (Lipinski definition) is 2. The fourth-order valence-corrected chi connectivity index (χ4v) is 2.79. The maximum Gasteiger partial charge on any atom is 0.291 e. The molecule has 3 rings (SSSR count). The van der Waals surface area contributed by atoms with E-state index >= 15 is 0 Å². The van der Waals surface area contributed by atoms with Crippen molar-refractivity contribution < 1.29 is 4.79 Å². The first-order valence-electron chi connectivity index (χ1n) is 8.70. The Morgan fingerprint density at radius 1 is 1.15 bits per heavy atom. The summed E-state index contributed by atoms with van der Waals surface area (Å²) in [5, 5.41) is 7.02. The number of hydrogen-bond acceptors (Lipinski definition) is 5. The Balaban J connectivity index is 1.67. The van der Waals surface area contributed by atoms with E-state index in [1.807, 2.05) is 32.0 Å². The lowest BCUT2D eigenvalue weighted by Gasteiger charge is -2.14. The molecule has 0 spiro atoms. The van der Waals surface area contributed by atoms with Crippen molar-refractivity contribution >= 4 is 11.7 Å². The van der Waals surface area contributed by atoms with E-state index in [2.05, 4.69) is 46.4 Å². The summed E-state index contributed by atoms with van der Waals surface area (Å²) in [4.78, 5) is 20.9. The van der Waals surface area contributed by atoms with Gasteiger partial charge in [-0.1, -0.05) is 38.1 Å². The number of nitrogens with two attached hydrogens (primary N) is 1. The number of carbonyl (C=O) groups is 1. The Bertz CT molecular complexity index is 929. The second kappa shape index (κ2) is 7.21. The van der Waals surface area contributed by atoms with Crippen molar-refractivity contribution in [3.8, 4) is 0 Å². The zero-order valence-corrected chi connectivity index (χ0v) is 15.5. The second-order valence-electron chi connectivity index (χ2n) is 6.82. The van der Waals surface area contributed by atoms with Gasteiger partial charge in [-0.3, -0.25) is 4.79 Å². The first-order valence-corrected chi connectivity index (χ1v) is 8.70. The van der Waals surface area contributed by atoms with E-state index in [1.165, 1.54) is 5.56 Å². The van der Waals surface area contributed by atoms with Gasteiger partial charge in [0.25, 0.3) is 11.7 Å². The molecule has 1 unspecified atom stereocenters. The highest BCUT2D eigenvalue weighted by molar-refractivity contribution is 5.90. The Morgan fingerprint density at radius 3 is 2.46 bits per heavy atom. The van der Waals surface area contributed by atoms with Crippen molar-refractivity contribution in [2.45, 2.75) is 39.7 Å².